The molecule has 21 heavy (non-hydrogen) atoms. The van der Waals surface area contributed by atoms with Gasteiger partial charge in [0.1, 0.15) is 5.75 Å². The molecule has 1 aromatic heterocycles. The van der Waals surface area contributed by atoms with Crippen molar-refractivity contribution in [2.45, 2.75) is 32.7 Å². The summed E-state index contributed by atoms with van der Waals surface area (Å²) in [7, 11) is 0. The summed E-state index contributed by atoms with van der Waals surface area (Å²) in [4.78, 5) is 11.8. The first-order chi connectivity index (χ1) is 10.2. The summed E-state index contributed by atoms with van der Waals surface area (Å²) in [5.41, 5.74) is 2.08. The van der Waals surface area contributed by atoms with Crippen molar-refractivity contribution in [1.82, 2.24) is 15.5 Å². The fourth-order valence-corrected chi connectivity index (χ4v) is 2.03. The number of amides is 1. The zero-order chi connectivity index (χ0) is 15.1. The highest BCUT2D eigenvalue weighted by atomic mass is 16.5. The summed E-state index contributed by atoms with van der Waals surface area (Å²) < 4.78 is 5.67. The van der Waals surface area contributed by atoms with Crippen molar-refractivity contribution in [3.63, 3.8) is 0 Å². The van der Waals surface area contributed by atoms with Gasteiger partial charge in [-0.05, 0) is 31.9 Å². The Hall–Kier alpha value is -2.30. The quantitative estimate of drug-likeness (QED) is 0.769. The number of nitrogens with zero attached hydrogens (tertiary/aromatic N) is 1. The average Bonchev–Trinajstić information content (AvgIpc) is 2.99. The molecule has 0 bridgehead atoms. The van der Waals surface area contributed by atoms with E-state index in [-0.39, 0.29) is 11.9 Å². The van der Waals surface area contributed by atoms with Crippen molar-refractivity contribution in [2.24, 2.45) is 0 Å². The van der Waals surface area contributed by atoms with E-state index in [4.69, 9.17) is 4.74 Å². The summed E-state index contributed by atoms with van der Waals surface area (Å²) in [6, 6.07) is 7.84. The number of aromatic nitrogens is 2. The highest BCUT2D eigenvalue weighted by Crippen LogP contribution is 2.16. The summed E-state index contributed by atoms with van der Waals surface area (Å²) in [5, 5.41) is 9.55. The van der Waals surface area contributed by atoms with E-state index in [1.807, 2.05) is 38.1 Å². The van der Waals surface area contributed by atoms with Gasteiger partial charge in [-0.1, -0.05) is 18.2 Å². The van der Waals surface area contributed by atoms with Crippen molar-refractivity contribution in [1.29, 1.82) is 0 Å². The summed E-state index contributed by atoms with van der Waals surface area (Å²) in [6.07, 6.45) is 4.64. The normalized spacial score (nSPS) is 11.9. The smallest absolute Gasteiger partial charge is 0.220 e. The number of aryl methyl sites for hydroxylation is 1. The van der Waals surface area contributed by atoms with Crippen LogP contribution in [0.1, 0.15) is 36.9 Å². The first-order valence-electron chi connectivity index (χ1n) is 7.13. The maximum Gasteiger partial charge on any atom is 0.220 e. The van der Waals surface area contributed by atoms with E-state index < -0.39 is 0 Å². The molecule has 1 amide bonds. The lowest BCUT2D eigenvalue weighted by Crippen LogP contribution is -2.26. The SMILES string of the molecule is Cc1ccccc1OCCCC(=O)NC(C)c1cn[nH]c1. The van der Waals surface area contributed by atoms with E-state index in [0.717, 1.165) is 16.9 Å². The fraction of sp³-hybridized carbons (Fsp3) is 0.375. The third kappa shape index (κ3) is 4.63. The average molecular weight is 287 g/mol. The minimum Gasteiger partial charge on any atom is -0.493 e. The Morgan fingerprint density at radius 3 is 2.95 bits per heavy atom. The predicted molar refractivity (Wildman–Crippen MR) is 81.1 cm³/mol. The highest BCUT2D eigenvalue weighted by Gasteiger charge is 2.10. The molecular formula is C16H21N3O2. The largest absolute Gasteiger partial charge is 0.493 e. The second-order valence-corrected chi connectivity index (χ2v) is 5.04. The molecular weight excluding hydrogens is 266 g/mol. The first kappa shape index (κ1) is 15.1. The molecule has 0 aliphatic rings. The predicted octanol–water partition coefficient (Wildman–Crippen LogP) is 2.75. The van der Waals surface area contributed by atoms with Crippen molar-refractivity contribution in [3.05, 3.63) is 47.8 Å². The zero-order valence-electron chi connectivity index (χ0n) is 12.4. The van der Waals surface area contributed by atoms with E-state index in [9.17, 15) is 4.79 Å². The Labute approximate surface area is 124 Å². The molecule has 0 spiro atoms. The van der Waals surface area contributed by atoms with Gasteiger partial charge in [0.2, 0.25) is 5.91 Å². The number of aromatic amines is 1. The Morgan fingerprint density at radius 2 is 2.24 bits per heavy atom. The Balaban J connectivity index is 1.67. The van der Waals surface area contributed by atoms with Crippen LogP contribution in [0.2, 0.25) is 0 Å². The molecule has 1 aromatic carbocycles. The summed E-state index contributed by atoms with van der Waals surface area (Å²) in [5.74, 6) is 0.904. The van der Waals surface area contributed by atoms with Gasteiger partial charge in [0.15, 0.2) is 0 Å². The van der Waals surface area contributed by atoms with Gasteiger partial charge in [0.05, 0.1) is 18.8 Å². The second kappa shape index (κ2) is 7.47. The molecule has 0 saturated heterocycles. The van der Waals surface area contributed by atoms with E-state index in [0.29, 0.717) is 19.4 Å². The molecule has 5 nitrogen and oxygen atoms in total. The monoisotopic (exact) mass is 287 g/mol. The van der Waals surface area contributed by atoms with Gasteiger partial charge in [0.25, 0.3) is 0 Å². The third-order valence-corrected chi connectivity index (χ3v) is 3.30. The first-order valence-corrected chi connectivity index (χ1v) is 7.13. The maximum absolute atomic E-state index is 11.8. The fourth-order valence-electron chi connectivity index (χ4n) is 2.03. The van der Waals surface area contributed by atoms with Gasteiger partial charge in [-0.3, -0.25) is 9.89 Å². The van der Waals surface area contributed by atoms with Crippen molar-refractivity contribution in [2.75, 3.05) is 6.61 Å². The number of H-pyrrole nitrogens is 1. The summed E-state index contributed by atoms with van der Waals surface area (Å²) in [6.45, 7) is 4.49. The number of rotatable bonds is 7. The van der Waals surface area contributed by atoms with Crippen LogP contribution < -0.4 is 10.1 Å². The standard InChI is InChI=1S/C16H21N3O2/c1-12-6-3-4-7-15(12)21-9-5-8-16(20)19-13(2)14-10-17-18-11-14/h3-4,6-7,10-11,13H,5,8-9H2,1-2H3,(H,17,18)(H,19,20). The number of carbonyl (C=O) groups excluding carboxylic acids is 1. The molecule has 0 fully saturated rings. The molecule has 0 aliphatic heterocycles. The number of ether oxygens (including phenoxy) is 1. The molecule has 0 aliphatic carbocycles. The second-order valence-electron chi connectivity index (χ2n) is 5.04. The van der Waals surface area contributed by atoms with Crippen LogP contribution >= 0.6 is 0 Å². The lowest BCUT2D eigenvalue weighted by molar-refractivity contribution is -0.121. The van der Waals surface area contributed by atoms with Crippen LogP contribution in [0.3, 0.4) is 0 Å². The van der Waals surface area contributed by atoms with Gasteiger partial charge in [-0.15, -0.1) is 0 Å². The minimum atomic E-state index is -0.0338. The summed E-state index contributed by atoms with van der Waals surface area (Å²) >= 11 is 0. The Bertz CT molecular complexity index is 567. The van der Waals surface area contributed by atoms with Crippen LogP contribution in [0.5, 0.6) is 5.75 Å². The maximum atomic E-state index is 11.8. The number of hydrogen-bond acceptors (Lipinski definition) is 3. The molecule has 112 valence electrons. The van der Waals surface area contributed by atoms with Crippen LogP contribution in [-0.2, 0) is 4.79 Å². The van der Waals surface area contributed by atoms with Crippen molar-refractivity contribution < 1.29 is 9.53 Å². The van der Waals surface area contributed by atoms with Gasteiger partial charge in [0, 0.05) is 18.2 Å². The number of nitrogens with one attached hydrogen (secondary N) is 2. The van der Waals surface area contributed by atoms with Crippen molar-refractivity contribution in [3.8, 4) is 5.75 Å². The molecule has 1 unspecified atom stereocenters. The van der Waals surface area contributed by atoms with E-state index >= 15 is 0 Å². The molecule has 0 saturated carbocycles. The highest BCUT2D eigenvalue weighted by molar-refractivity contribution is 5.76. The molecule has 0 radical (unpaired) electrons. The topological polar surface area (TPSA) is 67.0 Å². The number of para-hydroxylation sites is 1. The molecule has 1 heterocycles. The van der Waals surface area contributed by atoms with Gasteiger partial charge in [-0.2, -0.15) is 5.10 Å². The molecule has 2 N–H and O–H groups in total. The minimum absolute atomic E-state index is 0.0251. The zero-order valence-corrected chi connectivity index (χ0v) is 12.4. The van der Waals surface area contributed by atoms with Crippen LogP contribution in [0, 0.1) is 6.92 Å². The van der Waals surface area contributed by atoms with Crippen molar-refractivity contribution >= 4 is 5.91 Å². The Kier molecular flexibility index (Phi) is 5.37. The van der Waals surface area contributed by atoms with Gasteiger partial charge in [-0.25, -0.2) is 0 Å². The lowest BCUT2D eigenvalue weighted by atomic mass is 10.2. The molecule has 2 rings (SSSR count). The number of hydrogen-bond donors (Lipinski definition) is 2. The number of benzene rings is 1. The van der Waals surface area contributed by atoms with Crippen LogP contribution in [0.25, 0.3) is 0 Å². The molecule has 2 aromatic rings. The van der Waals surface area contributed by atoms with Crippen LogP contribution in [-0.4, -0.2) is 22.7 Å². The molecule has 5 heteroatoms. The Morgan fingerprint density at radius 1 is 1.43 bits per heavy atom. The van der Waals surface area contributed by atoms with Crippen LogP contribution in [0.4, 0.5) is 0 Å². The van der Waals surface area contributed by atoms with E-state index in [1.165, 1.54) is 0 Å². The molecule has 1 atom stereocenters. The van der Waals surface area contributed by atoms with E-state index in [1.54, 1.807) is 12.4 Å². The number of carbonyl (C=O) groups is 1. The van der Waals surface area contributed by atoms with E-state index in [2.05, 4.69) is 15.5 Å². The van der Waals surface area contributed by atoms with Crippen LogP contribution in [0.15, 0.2) is 36.7 Å². The van der Waals surface area contributed by atoms with Gasteiger partial charge < -0.3 is 10.1 Å². The third-order valence-electron chi connectivity index (χ3n) is 3.30. The van der Waals surface area contributed by atoms with Gasteiger partial charge >= 0.3 is 0 Å². The lowest BCUT2D eigenvalue weighted by Gasteiger charge is -2.12.